The molecule has 3 aromatic carbocycles. The molecule has 0 aromatic heterocycles. The maximum absolute atomic E-state index is 12.3. The second-order valence-electron chi connectivity index (χ2n) is 9.50. The van der Waals surface area contributed by atoms with Gasteiger partial charge in [0.15, 0.2) is 10.9 Å². The highest BCUT2D eigenvalue weighted by molar-refractivity contribution is 8.14. The molecular formula is C29H29F3N6O3S. The molecule has 13 heteroatoms. The Hall–Kier alpha value is -4.36. The Morgan fingerprint density at radius 3 is 2.29 bits per heavy atom. The van der Waals surface area contributed by atoms with E-state index in [1.54, 1.807) is 49.4 Å². The lowest BCUT2D eigenvalue weighted by atomic mass is 10.1. The number of nitrogens with two attached hydrogens (primary N) is 1. The molecule has 4 rings (SSSR count). The van der Waals surface area contributed by atoms with Crippen LogP contribution in [0.2, 0.25) is 0 Å². The molecule has 9 nitrogen and oxygen atoms in total. The number of anilines is 1. The van der Waals surface area contributed by atoms with Gasteiger partial charge < -0.3 is 20.3 Å². The number of benzene rings is 3. The standard InChI is InChI=1S/C29H29F3N6O3S/c1-18-13-24(40-4)14-19(2)25(18)38-27(42-16-28(38,3)39)37-36-15-20-5-7-21(8-6-20)26(33)35-17-34-22-9-11-23(12-10-22)41-29(30,31)32/h5-15,17,39H,16H2,1-4H3,(H2,33,34,35)/b36-15+,37-27-. The van der Waals surface area contributed by atoms with Gasteiger partial charge in [-0.1, -0.05) is 36.0 Å². The normalized spacial score (nSPS) is 18.9. The van der Waals surface area contributed by atoms with Gasteiger partial charge in [0.1, 0.15) is 23.7 Å². The van der Waals surface area contributed by atoms with Crippen LogP contribution in [-0.2, 0) is 0 Å². The van der Waals surface area contributed by atoms with Crippen LogP contribution in [0.4, 0.5) is 24.5 Å². The first-order valence-corrected chi connectivity index (χ1v) is 13.6. The van der Waals surface area contributed by atoms with Crippen LogP contribution in [0.1, 0.15) is 29.2 Å². The number of methoxy groups -OCH3 is 1. The summed E-state index contributed by atoms with van der Waals surface area (Å²) in [6, 6.07) is 16.0. The molecule has 3 aromatic rings. The third-order valence-corrected chi connectivity index (χ3v) is 7.32. The number of amidine groups is 2. The van der Waals surface area contributed by atoms with Gasteiger partial charge in [-0.2, -0.15) is 5.10 Å². The zero-order valence-corrected chi connectivity index (χ0v) is 24.1. The summed E-state index contributed by atoms with van der Waals surface area (Å²) in [6.45, 7) is 5.66. The molecular weight excluding hydrogens is 569 g/mol. The molecule has 220 valence electrons. The third-order valence-electron chi connectivity index (χ3n) is 6.10. The highest BCUT2D eigenvalue weighted by Gasteiger charge is 2.42. The molecule has 1 fully saturated rings. The number of rotatable bonds is 8. The average molecular weight is 599 g/mol. The number of hydrogen-bond donors (Lipinski definition) is 2. The van der Waals surface area contributed by atoms with E-state index in [4.69, 9.17) is 10.5 Å². The molecule has 1 saturated heterocycles. The van der Waals surface area contributed by atoms with Crippen molar-refractivity contribution in [3.63, 3.8) is 0 Å². The van der Waals surface area contributed by atoms with E-state index in [0.717, 1.165) is 40.3 Å². The van der Waals surface area contributed by atoms with Crippen molar-refractivity contribution in [3.05, 3.63) is 82.9 Å². The highest BCUT2D eigenvalue weighted by Crippen LogP contribution is 2.40. The van der Waals surface area contributed by atoms with Crippen molar-refractivity contribution in [2.75, 3.05) is 17.8 Å². The topological polar surface area (TPSA) is 117 Å². The van der Waals surface area contributed by atoms with Crippen LogP contribution >= 0.6 is 11.8 Å². The van der Waals surface area contributed by atoms with Crippen molar-refractivity contribution in [2.45, 2.75) is 32.9 Å². The van der Waals surface area contributed by atoms with E-state index in [9.17, 15) is 18.3 Å². The molecule has 0 spiro atoms. The van der Waals surface area contributed by atoms with E-state index in [0.29, 0.717) is 22.2 Å². The Morgan fingerprint density at radius 2 is 1.69 bits per heavy atom. The molecule has 0 bridgehead atoms. The largest absolute Gasteiger partial charge is 0.573 e. The number of hydrogen-bond acceptors (Lipinski definition) is 7. The summed E-state index contributed by atoms with van der Waals surface area (Å²) in [4.78, 5) is 9.95. The average Bonchev–Trinajstić information content (AvgIpc) is 3.22. The van der Waals surface area contributed by atoms with Crippen LogP contribution in [0, 0.1) is 13.8 Å². The Bertz CT molecular complexity index is 1510. The molecule has 0 aliphatic carbocycles. The first-order chi connectivity index (χ1) is 19.9. The number of alkyl halides is 3. The maximum Gasteiger partial charge on any atom is 0.573 e. The number of aliphatic imine (C=N–C) groups is 2. The molecule has 1 aliphatic rings. The van der Waals surface area contributed by atoms with Gasteiger partial charge in [0, 0.05) is 11.3 Å². The van der Waals surface area contributed by atoms with Crippen molar-refractivity contribution >= 4 is 46.7 Å². The zero-order chi connectivity index (χ0) is 30.5. The van der Waals surface area contributed by atoms with Gasteiger partial charge in [0.05, 0.1) is 24.7 Å². The number of aryl methyl sites for hydroxylation is 2. The van der Waals surface area contributed by atoms with Crippen molar-refractivity contribution in [1.82, 2.24) is 0 Å². The molecule has 0 amide bonds. The first kappa shape index (κ1) is 30.6. The summed E-state index contributed by atoms with van der Waals surface area (Å²) in [7, 11) is 1.62. The van der Waals surface area contributed by atoms with Gasteiger partial charge in [0.25, 0.3) is 0 Å². The SMILES string of the molecule is COc1cc(C)c(N2/C(=N/N=C/c3ccc(C(N)=NC=Nc4ccc(OC(F)(F)F)cc4)cc3)SCC2(C)O)c(C)c1. The zero-order valence-electron chi connectivity index (χ0n) is 23.3. The molecule has 1 aliphatic heterocycles. The van der Waals surface area contributed by atoms with E-state index in [-0.39, 0.29) is 11.6 Å². The van der Waals surface area contributed by atoms with Crippen molar-refractivity contribution < 1.29 is 27.8 Å². The highest BCUT2D eigenvalue weighted by atomic mass is 32.2. The van der Waals surface area contributed by atoms with Gasteiger partial charge in [-0.15, -0.1) is 18.3 Å². The summed E-state index contributed by atoms with van der Waals surface area (Å²) in [5, 5.41) is 20.3. The summed E-state index contributed by atoms with van der Waals surface area (Å²) in [5.41, 5.74) is 9.43. The Balaban J connectivity index is 1.43. The predicted octanol–water partition coefficient (Wildman–Crippen LogP) is 5.93. The summed E-state index contributed by atoms with van der Waals surface area (Å²) in [5.74, 6) is 1.03. The van der Waals surface area contributed by atoms with Crippen LogP contribution in [0.3, 0.4) is 0 Å². The molecule has 0 radical (unpaired) electrons. The second kappa shape index (κ2) is 12.7. The van der Waals surface area contributed by atoms with E-state index in [2.05, 4.69) is 24.9 Å². The molecule has 3 N–H and O–H groups in total. The number of halogens is 3. The number of aliphatic hydroxyl groups is 1. The minimum atomic E-state index is -4.76. The van der Waals surface area contributed by atoms with Gasteiger partial charge in [-0.05, 0) is 73.9 Å². The Labute approximate surface area is 245 Å². The van der Waals surface area contributed by atoms with Crippen LogP contribution in [-0.4, -0.2) is 53.6 Å². The lowest BCUT2D eigenvalue weighted by molar-refractivity contribution is -0.274. The fourth-order valence-corrected chi connectivity index (χ4v) is 5.24. The summed E-state index contributed by atoms with van der Waals surface area (Å²) >= 11 is 1.41. The van der Waals surface area contributed by atoms with E-state index >= 15 is 0 Å². The lowest BCUT2D eigenvalue weighted by Gasteiger charge is -2.33. The molecule has 0 saturated carbocycles. The molecule has 1 heterocycles. The van der Waals surface area contributed by atoms with E-state index in [1.807, 2.05) is 26.0 Å². The van der Waals surface area contributed by atoms with Crippen molar-refractivity contribution in [1.29, 1.82) is 0 Å². The molecule has 42 heavy (non-hydrogen) atoms. The van der Waals surface area contributed by atoms with Gasteiger partial charge in [0.2, 0.25) is 0 Å². The third kappa shape index (κ3) is 7.68. The van der Waals surface area contributed by atoms with E-state index < -0.39 is 12.1 Å². The van der Waals surface area contributed by atoms with Crippen LogP contribution in [0.15, 0.2) is 80.9 Å². The number of ether oxygens (including phenoxy) is 2. The quantitative estimate of drug-likeness (QED) is 0.189. The molecule has 1 atom stereocenters. The van der Waals surface area contributed by atoms with Gasteiger partial charge in [-0.25, -0.2) is 9.98 Å². The minimum absolute atomic E-state index is 0.199. The van der Waals surface area contributed by atoms with Gasteiger partial charge >= 0.3 is 6.36 Å². The van der Waals surface area contributed by atoms with Crippen LogP contribution < -0.4 is 20.1 Å². The van der Waals surface area contributed by atoms with Crippen LogP contribution in [0.5, 0.6) is 11.5 Å². The molecule has 1 unspecified atom stereocenters. The van der Waals surface area contributed by atoms with Crippen molar-refractivity contribution in [2.24, 2.45) is 25.9 Å². The fourth-order valence-electron chi connectivity index (χ4n) is 4.18. The monoisotopic (exact) mass is 598 g/mol. The Kier molecular flexibility index (Phi) is 9.22. The second-order valence-corrected chi connectivity index (χ2v) is 10.4. The predicted molar refractivity (Wildman–Crippen MR) is 162 cm³/mol. The van der Waals surface area contributed by atoms with Gasteiger partial charge in [-0.3, -0.25) is 4.90 Å². The van der Waals surface area contributed by atoms with Crippen molar-refractivity contribution in [3.8, 4) is 11.5 Å². The summed E-state index contributed by atoms with van der Waals surface area (Å²) in [6.07, 6.45) is -1.95. The van der Waals surface area contributed by atoms with E-state index in [1.165, 1.54) is 30.2 Å². The first-order valence-electron chi connectivity index (χ1n) is 12.6. The number of thioether (sulfide) groups is 1. The lowest BCUT2D eigenvalue weighted by Crippen LogP contribution is -2.45. The summed E-state index contributed by atoms with van der Waals surface area (Å²) < 4.78 is 46.0. The fraction of sp³-hybridized carbons (Fsp3) is 0.241. The Morgan fingerprint density at radius 1 is 1.05 bits per heavy atom. The minimum Gasteiger partial charge on any atom is -0.497 e. The van der Waals surface area contributed by atoms with Crippen LogP contribution in [0.25, 0.3) is 0 Å². The maximum atomic E-state index is 12.3. The smallest absolute Gasteiger partial charge is 0.497 e. The number of nitrogens with zero attached hydrogens (tertiary/aromatic N) is 5.